The zero-order chi connectivity index (χ0) is 23.1. The number of amides is 2. The van der Waals surface area contributed by atoms with Gasteiger partial charge in [-0.05, 0) is 48.9 Å². The maximum absolute atomic E-state index is 12.9. The van der Waals surface area contributed by atoms with Crippen molar-refractivity contribution >= 4 is 17.8 Å². The summed E-state index contributed by atoms with van der Waals surface area (Å²) < 4.78 is 5.18. The van der Waals surface area contributed by atoms with E-state index in [1.54, 1.807) is 14.0 Å². The Labute approximate surface area is 190 Å². The first-order chi connectivity index (χ1) is 15.4. The highest BCUT2D eigenvalue weighted by Crippen LogP contribution is 2.30. The van der Waals surface area contributed by atoms with Gasteiger partial charge in [-0.25, -0.2) is 0 Å². The lowest BCUT2D eigenvalue weighted by molar-refractivity contribution is -0.140. The van der Waals surface area contributed by atoms with Crippen molar-refractivity contribution < 1.29 is 24.2 Å². The fraction of sp³-hybridized carbons (Fsp3) is 0.625. The molecule has 2 saturated heterocycles. The van der Waals surface area contributed by atoms with Crippen LogP contribution in [0.5, 0.6) is 5.75 Å². The predicted octanol–water partition coefficient (Wildman–Crippen LogP) is 1.73. The minimum Gasteiger partial charge on any atom is -0.497 e. The number of benzene rings is 1. The molecule has 0 aliphatic carbocycles. The molecular weight excluding hydrogens is 410 g/mol. The molecule has 176 valence electrons. The van der Waals surface area contributed by atoms with Gasteiger partial charge in [-0.1, -0.05) is 12.1 Å². The molecule has 3 rings (SSSR count). The Bertz CT molecular complexity index is 789. The topological polar surface area (TPSA) is 90.4 Å². The number of carbonyl (C=O) groups excluding carboxylic acids is 2. The molecule has 0 bridgehead atoms. The lowest BCUT2D eigenvalue weighted by Crippen LogP contribution is -2.49. The van der Waals surface area contributed by atoms with Crippen LogP contribution < -0.4 is 4.74 Å². The Hall–Kier alpha value is -2.61. The number of likely N-dealkylation sites (tertiary alicyclic amines) is 1. The largest absolute Gasteiger partial charge is 0.497 e. The summed E-state index contributed by atoms with van der Waals surface area (Å²) >= 11 is 0. The quantitative estimate of drug-likeness (QED) is 0.656. The lowest BCUT2D eigenvalue weighted by atomic mass is 9.81. The monoisotopic (exact) mass is 445 g/mol. The van der Waals surface area contributed by atoms with E-state index >= 15 is 0 Å². The molecule has 2 aliphatic rings. The molecule has 0 saturated carbocycles. The van der Waals surface area contributed by atoms with Crippen LogP contribution >= 0.6 is 0 Å². The normalized spacial score (nSPS) is 21.9. The van der Waals surface area contributed by atoms with E-state index in [2.05, 4.69) is 4.90 Å². The molecule has 32 heavy (non-hydrogen) atoms. The number of hydrogen-bond acceptors (Lipinski definition) is 5. The molecule has 0 radical (unpaired) electrons. The summed E-state index contributed by atoms with van der Waals surface area (Å²) in [6.45, 7) is 6.86. The summed E-state index contributed by atoms with van der Waals surface area (Å²) in [5.74, 6) is 0.461. The molecule has 2 amide bonds. The molecule has 0 spiro atoms. The number of hydrogen-bond donors (Lipinski definition) is 1. The fourth-order valence-corrected chi connectivity index (χ4v) is 4.79. The van der Waals surface area contributed by atoms with Crippen molar-refractivity contribution in [1.29, 1.82) is 0 Å². The van der Waals surface area contributed by atoms with Gasteiger partial charge in [-0.15, -0.1) is 0 Å². The minimum atomic E-state index is -0.770. The highest BCUT2D eigenvalue weighted by Gasteiger charge is 2.33. The van der Waals surface area contributed by atoms with Gasteiger partial charge in [-0.2, -0.15) is 0 Å². The first kappa shape index (κ1) is 24.0. The van der Waals surface area contributed by atoms with E-state index < -0.39 is 5.97 Å². The summed E-state index contributed by atoms with van der Waals surface area (Å²) in [6, 6.07) is 7.53. The Balaban J connectivity index is 1.55. The smallest absolute Gasteiger partial charge is 0.303 e. The standard InChI is InChI=1S/C24H35N3O5/c1-18(28)26-13-11-25(12-14-26)9-7-21-17-27(10-8-20(21)16-24(30)31)23(29)15-19-3-5-22(32-2)6-4-19/h3-6,20-21H,7-17H2,1-2H3,(H,30,31)/t20-,21-/m0/s1. The molecule has 1 aromatic carbocycles. The van der Waals surface area contributed by atoms with Gasteiger partial charge >= 0.3 is 5.97 Å². The second kappa shape index (κ2) is 11.3. The average Bonchev–Trinajstić information content (AvgIpc) is 2.78. The maximum atomic E-state index is 12.9. The first-order valence-electron chi connectivity index (χ1n) is 11.5. The summed E-state index contributed by atoms with van der Waals surface area (Å²) in [6.07, 6.45) is 2.09. The van der Waals surface area contributed by atoms with Crippen molar-refractivity contribution in [2.75, 3.05) is 52.9 Å². The van der Waals surface area contributed by atoms with E-state index in [0.717, 1.165) is 56.9 Å². The van der Waals surface area contributed by atoms with Crippen molar-refractivity contribution in [2.45, 2.75) is 32.6 Å². The van der Waals surface area contributed by atoms with Crippen LogP contribution in [-0.4, -0.2) is 90.5 Å². The summed E-state index contributed by atoms with van der Waals surface area (Å²) in [7, 11) is 1.62. The number of aliphatic carboxylic acids is 1. The number of methoxy groups -OCH3 is 1. The van der Waals surface area contributed by atoms with E-state index in [1.807, 2.05) is 34.1 Å². The molecule has 8 heteroatoms. The number of carbonyl (C=O) groups is 3. The second-order valence-electron chi connectivity index (χ2n) is 8.91. The lowest BCUT2D eigenvalue weighted by Gasteiger charge is -2.40. The van der Waals surface area contributed by atoms with Crippen LogP contribution in [0.1, 0.15) is 31.7 Å². The number of nitrogens with zero attached hydrogens (tertiary/aromatic N) is 3. The Kier molecular flexibility index (Phi) is 8.50. The zero-order valence-electron chi connectivity index (χ0n) is 19.2. The van der Waals surface area contributed by atoms with Crippen LogP contribution in [0.3, 0.4) is 0 Å². The molecule has 1 aromatic rings. The molecule has 2 fully saturated rings. The minimum absolute atomic E-state index is 0.0871. The maximum Gasteiger partial charge on any atom is 0.303 e. The van der Waals surface area contributed by atoms with Crippen molar-refractivity contribution in [1.82, 2.24) is 14.7 Å². The summed E-state index contributed by atoms with van der Waals surface area (Å²) in [4.78, 5) is 42.0. The predicted molar refractivity (Wildman–Crippen MR) is 120 cm³/mol. The number of piperazine rings is 1. The van der Waals surface area contributed by atoms with E-state index in [4.69, 9.17) is 4.74 Å². The van der Waals surface area contributed by atoms with Gasteiger partial charge in [0.1, 0.15) is 5.75 Å². The van der Waals surface area contributed by atoms with Crippen molar-refractivity contribution in [3.63, 3.8) is 0 Å². The number of carboxylic acid groups (broad SMARTS) is 1. The number of carboxylic acids is 1. The van der Waals surface area contributed by atoms with Crippen molar-refractivity contribution in [2.24, 2.45) is 11.8 Å². The van der Waals surface area contributed by atoms with Crippen LogP contribution in [0.2, 0.25) is 0 Å². The molecule has 8 nitrogen and oxygen atoms in total. The third-order valence-electron chi connectivity index (χ3n) is 6.83. The van der Waals surface area contributed by atoms with Crippen molar-refractivity contribution in [3.8, 4) is 5.75 Å². The number of ether oxygens (including phenoxy) is 1. The summed E-state index contributed by atoms with van der Waals surface area (Å²) in [5.41, 5.74) is 0.948. The summed E-state index contributed by atoms with van der Waals surface area (Å²) in [5, 5.41) is 9.36. The molecule has 0 aromatic heterocycles. The molecule has 2 aliphatic heterocycles. The second-order valence-corrected chi connectivity index (χ2v) is 8.91. The Morgan fingerprint density at radius 3 is 2.28 bits per heavy atom. The van der Waals surface area contributed by atoms with E-state index in [1.165, 1.54) is 0 Å². The highest BCUT2D eigenvalue weighted by atomic mass is 16.5. The highest BCUT2D eigenvalue weighted by molar-refractivity contribution is 5.79. The van der Waals surface area contributed by atoms with Gasteiger partial charge in [0.2, 0.25) is 11.8 Å². The SMILES string of the molecule is COc1ccc(CC(=O)N2CC[C@@H](CC(=O)O)[C@@H](CCN3CCN(C(C)=O)CC3)C2)cc1. The van der Waals surface area contributed by atoms with Crippen LogP contribution in [0.25, 0.3) is 0 Å². The van der Waals surface area contributed by atoms with Crippen LogP contribution in [-0.2, 0) is 20.8 Å². The van der Waals surface area contributed by atoms with Crippen LogP contribution in [0.15, 0.2) is 24.3 Å². The molecule has 2 heterocycles. The third-order valence-corrected chi connectivity index (χ3v) is 6.83. The third kappa shape index (κ3) is 6.69. The first-order valence-corrected chi connectivity index (χ1v) is 11.5. The molecular formula is C24H35N3O5. The van der Waals surface area contributed by atoms with Gasteiger partial charge in [0.25, 0.3) is 0 Å². The van der Waals surface area contributed by atoms with Crippen LogP contribution in [0.4, 0.5) is 0 Å². The van der Waals surface area contributed by atoms with Gasteiger partial charge in [0.15, 0.2) is 0 Å². The van der Waals surface area contributed by atoms with Gasteiger partial charge < -0.3 is 19.6 Å². The number of rotatable bonds is 8. The van der Waals surface area contributed by atoms with Gasteiger partial charge in [0.05, 0.1) is 13.5 Å². The van der Waals surface area contributed by atoms with Gasteiger partial charge in [0, 0.05) is 52.6 Å². The van der Waals surface area contributed by atoms with E-state index in [0.29, 0.717) is 19.5 Å². The molecule has 2 atom stereocenters. The Morgan fingerprint density at radius 1 is 1.00 bits per heavy atom. The number of piperidine rings is 1. The van der Waals surface area contributed by atoms with E-state index in [-0.39, 0.29) is 30.1 Å². The van der Waals surface area contributed by atoms with E-state index in [9.17, 15) is 19.5 Å². The fourth-order valence-electron chi connectivity index (χ4n) is 4.79. The zero-order valence-corrected chi connectivity index (χ0v) is 19.2. The van der Waals surface area contributed by atoms with Crippen molar-refractivity contribution in [3.05, 3.63) is 29.8 Å². The van der Waals surface area contributed by atoms with Crippen LogP contribution in [0, 0.1) is 11.8 Å². The van der Waals surface area contributed by atoms with Gasteiger partial charge in [-0.3, -0.25) is 19.3 Å². The Morgan fingerprint density at radius 2 is 1.69 bits per heavy atom. The average molecular weight is 446 g/mol. The molecule has 0 unspecified atom stereocenters. The molecule has 1 N–H and O–H groups in total.